The van der Waals surface area contributed by atoms with Gasteiger partial charge in [0.05, 0.1) is 10.0 Å². The number of aliphatic imine (C=N–C) groups is 1. The van der Waals surface area contributed by atoms with Gasteiger partial charge in [0.25, 0.3) is 5.91 Å². The molecule has 3 N–H and O–H groups in total. The Balaban J connectivity index is 0.00000312. The van der Waals surface area contributed by atoms with E-state index in [-0.39, 0.29) is 29.9 Å². The van der Waals surface area contributed by atoms with Crippen molar-refractivity contribution >= 4 is 70.8 Å². The van der Waals surface area contributed by atoms with Crippen LogP contribution in [0.5, 0.6) is 0 Å². The second-order valence-electron chi connectivity index (χ2n) is 5.40. The lowest BCUT2D eigenvalue weighted by molar-refractivity contribution is 0.0954. The van der Waals surface area contributed by atoms with Crippen molar-refractivity contribution in [3.63, 3.8) is 0 Å². The molecule has 25 heavy (non-hydrogen) atoms. The molecule has 1 atom stereocenters. The van der Waals surface area contributed by atoms with Crippen molar-refractivity contribution < 1.29 is 4.79 Å². The molecular formula is C16H23Cl2IN4OS. The number of hydrogen-bond donors (Lipinski definition) is 3. The summed E-state index contributed by atoms with van der Waals surface area (Å²) < 4.78 is 0. The largest absolute Gasteiger partial charge is 0.355 e. The third-order valence-electron chi connectivity index (χ3n) is 3.63. The molecule has 0 bridgehead atoms. The van der Waals surface area contributed by atoms with E-state index in [1.165, 1.54) is 18.6 Å². The van der Waals surface area contributed by atoms with Crippen LogP contribution in [-0.2, 0) is 0 Å². The Morgan fingerprint density at radius 3 is 2.64 bits per heavy atom. The minimum atomic E-state index is -0.180. The molecule has 0 aromatic heterocycles. The number of halogens is 3. The number of nitrogens with zero attached hydrogens (tertiary/aromatic N) is 1. The third kappa shape index (κ3) is 7.80. The molecule has 1 heterocycles. The van der Waals surface area contributed by atoms with Crippen LogP contribution in [-0.4, -0.2) is 49.6 Å². The highest BCUT2D eigenvalue weighted by molar-refractivity contribution is 14.0. The fourth-order valence-corrected chi connectivity index (χ4v) is 3.83. The first-order valence-electron chi connectivity index (χ1n) is 7.89. The van der Waals surface area contributed by atoms with Gasteiger partial charge in [-0.1, -0.05) is 23.2 Å². The Bertz CT molecular complexity index is 597. The van der Waals surface area contributed by atoms with Crippen LogP contribution in [0.1, 0.15) is 23.2 Å². The van der Waals surface area contributed by atoms with Crippen LogP contribution in [0.3, 0.4) is 0 Å². The van der Waals surface area contributed by atoms with Gasteiger partial charge in [-0.3, -0.25) is 9.79 Å². The summed E-state index contributed by atoms with van der Waals surface area (Å²) >= 11 is 13.8. The van der Waals surface area contributed by atoms with Crippen molar-refractivity contribution in [2.45, 2.75) is 18.1 Å². The summed E-state index contributed by atoms with van der Waals surface area (Å²) in [6.45, 7) is 1.99. The number of guanidine groups is 1. The van der Waals surface area contributed by atoms with Crippen LogP contribution in [0.2, 0.25) is 10.0 Å². The number of thioether (sulfide) groups is 1. The average Bonchev–Trinajstić information content (AvgIpc) is 3.10. The fraction of sp³-hybridized carbons (Fsp3) is 0.500. The molecule has 0 radical (unpaired) electrons. The Morgan fingerprint density at radius 1 is 1.24 bits per heavy atom. The first-order chi connectivity index (χ1) is 11.6. The molecular weight excluding hydrogens is 494 g/mol. The highest BCUT2D eigenvalue weighted by atomic mass is 127. The molecule has 2 rings (SSSR count). The van der Waals surface area contributed by atoms with Crippen molar-refractivity contribution in [2.24, 2.45) is 4.99 Å². The van der Waals surface area contributed by atoms with Crippen LogP contribution in [0, 0.1) is 0 Å². The summed E-state index contributed by atoms with van der Waals surface area (Å²) in [4.78, 5) is 16.2. The maximum absolute atomic E-state index is 12.0. The van der Waals surface area contributed by atoms with Crippen molar-refractivity contribution in [3.05, 3.63) is 33.8 Å². The quantitative estimate of drug-likeness (QED) is 0.235. The van der Waals surface area contributed by atoms with Crippen molar-refractivity contribution in [1.82, 2.24) is 16.0 Å². The second-order valence-corrected chi connectivity index (χ2v) is 7.62. The van der Waals surface area contributed by atoms with E-state index in [0.29, 0.717) is 33.9 Å². The standard InChI is InChI=1S/C16H22Cl2N4OS.HI/c1-19-16(22-10-12-3-2-8-24-12)21-7-6-20-15(23)11-4-5-13(17)14(18)9-11;/h4-5,9,12H,2-3,6-8,10H2,1H3,(H,20,23)(H2,19,21,22);1H. The van der Waals surface area contributed by atoms with E-state index in [1.807, 2.05) is 11.8 Å². The molecule has 1 amide bonds. The summed E-state index contributed by atoms with van der Waals surface area (Å²) in [5.74, 6) is 1.83. The zero-order valence-electron chi connectivity index (χ0n) is 14.0. The lowest BCUT2D eigenvalue weighted by Crippen LogP contribution is -2.43. The van der Waals surface area contributed by atoms with Gasteiger partial charge in [-0.05, 0) is 36.8 Å². The molecule has 140 valence electrons. The smallest absolute Gasteiger partial charge is 0.251 e. The molecule has 5 nitrogen and oxygen atoms in total. The molecule has 0 spiro atoms. The van der Waals surface area contributed by atoms with Gasteiger partial charge in [-0.2, -0.15) is 11.8 Å². The first kappa shape index (κ1) is 22.7. The van der Waals surface area contributed by atoms with Crippen LogP contribution >= 0.6 is 58.9 Å². The van der Waals surface area contributed by atoms with Gasteiger partial charge in [-0.25, -0.2) is 0 Å². The molecule has 9 heteroatoms. The van der Waals surface area contributed by atoms with E-state index >= 15 is 0 Å². The molecule has 1 aliphatic rings. The highest BCUT2D eigenvalue weighted by Crippen LogP contribution is 2.25. The first-order valence-corrected chi connectivity index (χ1v) is 9.70. The van der Waals surface area contributed by atoms with Crippen LogP contribution in [0.15, 0.2) is 23.2 Å². The van der Waals surface area contributed by atoms with Gasteiger partial charge in [0.1, 0.15) is 0 Å². The zero-order valence-corrected chi connectivity index (χ0v) is 18.6. The molecule has 1 aromatic rings. The number of amides is 1. The summed E-state index contributed by atoms with van der Waals surface area (Å²) in [7, 11) is 1.74. The molecule has 1 unspecified atom stereocenters. The number of carbonyl (C=O) groups excluding carboxylic acids is 1. The van der Waals surface area contributed by atoms with Crippen LogP contribution < -0.4 is 16.0 Å². The SMILES string of the molecule is CN=C(NCCNC(=O)c1ccc(Cl)c(Cl)c1)NCC1CCCS1.I. The average molecular weight is 517 g/mol. The van der Waals surface area contributed by atoms with Crippen molar-refractivity contribution in [1.29, 1.82) is 0 Å². The third-order valence-corrected chi connectivity index (χ3v) is 5.77. The summed E-state index contributed by atoms with van der Waals surface area (Å²) in [5, 5.41) is 10.8. The number of hydrogen-bond acceptors (Lipinski definition) is 3. The molecule has 1 aromatic carbocycles. The lowest BCUT2D eigenvalue weighted by Gasteiger charge is -2.15. The molecule has 0 saturated carbocycles. The Morgan fingerprint density at radius 2 is 2.00 bits per heavy atom. The van der Waals surface area contributed by atoms with Gasteiger partial charge in [-0.15, -0.1) is 24.0 Å². The van der Waals surface area contributed by atoms with Crippen LogP contribution in [0.25, 0.3) is 0 Å². The van der Waals surface area contributed by atoms with Crippen molar-refractivity contribution in [2.75, 3.05) is 32.4 Å². The molecule has 0 aliphatic carbocycles. The summed E-state index contributed by atoms with van der Waals surface area (Å²) in [5.41, 5.74) is 0.491. The summed E-state index contributed by atoms with van der Waals surface area (Å²) in [6.07, 6.45) is 2.55. The van der Waals surface area contributed by atoms with Gasteiger partial charge >= 0.3 is 0 Å². The van der Waals surface area contributed by atoms with Gasteiger partial charge in [0.15, 0.2) is 5.96 Å². The minimum Gasteiger partial charge on any atom is -0.355 e. The van der Waals surface area contributed by atoms with E-state index < -0.39 is 0 Å². The second kappa shape index (κ2) is 12.1. The number of nitrogens with one attached hydrogen (secondary N) is 3. The normalized spacial score (nSPS) is 16.9. The van der Waals surface area contributed by atoms with Gasteiger partial charge < -0.3 is 16.0 Å². The topological polar surface area (TPSA) is 65.5 Å². The Hall–Kier alpha value is -0.380. The predicted octanol–water partition coefficient (Wildman–Crippen LogP) is 3.40. The predicted molar refractivity (Wildman–Crippen MR) is 119 cm³/mol. The maximum Gasteiger partial charge on any atom is 0.251 e. The highest BCUT2D eigenvalue weighted by Gasteiger charge is 2.15. The maximum atomic E-state index is 12.0. The number of carbonyl (C=O) groups is 1. The van der Waals surface area contributed by atoms with E-state index in [4.69, 9.17) is 23.2 Å². The van der Waals surface area contributed by atoms with E-state index in [9.17, 15) is 4.79 Å². The number of rotatable bonds is 6. The number of benzene rings is 1. The fourth-order valence-electron chi connectivity index (χ4n) is 2.33. The van der Waals surface area contributed by atoms with E-state index in [0.717, 1.165) is 12.5 Å². The van der Waals surface area contributed by atoms with Gasteiger partial charge in [0, 0.05) is 37.5 Å². The van der Waals surface area contributed by atoms with E-state index in [1.54, 1.807) is 25.2 Å². The summed E-state index contributed by atoms with van der Waals surface area (Å²) in [6, 6.07) is 4.83. The zero-order chi connectivity index (χ0) is 17.4. The van der Waals surface area contributed by atoms with E-state index in [2.05, 4.69) is 20.9 Å². The van der Waals surface area contributed by atoms with Crippen LogP contribution in [0.4, 0.5) is 0 Å². The molecule has 1 aliphatic heterocycles. The monoisotopic (exact) mass is 516 g/mol. The van der Waals surface area contributed by atoms with Gasteiger partial charge in [0.2, 0.25) is 0 Å². The van der Waals surface area contributed by atoms with Crippen molar-refractivity contribution in [3.8, 4) is 0 Å². The molecule has 1 fully saturated rings. The molecule has 1 saturated heterocycles. The minimum absolute atomic E-state index is 0. The lowest BCUT2D eigenvalue weighted by atomic mass is 10.2. The Labute approximate surface area is 180 Å². The Kier molecular flexibility index (Phi) is 11.0.